The minimum Gasteiger partial charge on any atom is -0.373 e. The maximum absolute atomic E-state index is 12.8. The molecule has 3 aliphatic rings. The van der Waals surface area contributed by atoms with E-state index >= 15 is 0 Å². The summed E-state index contributed by atoms with van der Waals surface area (Å²) in [6, 6.07) is 7.26. The van der Waals surface area contributed by atoms with E-state index in [2.05, 4.69) is 48.0 Å². The van der Waals surface area contributed by atoms with Crippen LogP contribution in [0, 0.1) is 6.92 Å². The predicted molar refractivity (Wildman–Crippen MR) is 109 cm³/mol. The Morgan fingerprint density at radius 3 is 2.52 bits per heavy atom. The minimum atomic E-state index is -0.511. The second kappa shape index (κ2) is 7.76. The first kappa shape index (κ1) is 19.8. The number of ether oxygens (including phenoxy) is 1. The number of urea groups is 1. The molecule has 156 valence electrons. The number of benzene rings is 1. The summed E-state index contributed by atoms with van der Waals surface area (Å²) in [5.41, 5.74) is 2.32. The number of imide groups is 1. The normalized spacial score (nSPS) is 30.3. The Morgan fingerprint density at radius 1 is 1.14 bits per heavy atom. The highest BCUT2D eigenvalue weighted by atomic mass is 16.5. The van der Waals surface area contributed by atoms with Crippen LogP contribution in [0.2, 0.25) is 0 Å². The van der Waals surface area contributed by atoms with Gasteiger partial charge < -0.3 is 14.5 Å². The molecule has 0 spiro atoms. The number of fused-ring (bicyclic) bond motifs is 1. The number of morpholine rings is 1. The summed E-state index contributed by atoms with van der Waals surface area (Å²) in [6.07, 6.45) is -0.188. The van der Waals surface area contributed by atoms with Gasteiger partial charge >= 0.3 is 6.03 Å². The van der Waals surface area contributed by atoms with Gasteiger partial charge in [0, 0.05) is 26.7 Å². The lowest BCUT2D eigenvalue weighted by molar-refractivity contribution is -0.127. The first-order valence-corrected chi connectivity index (χ1v) is 10.2. The highest BCUT2D eigenvalue weighted by molar-refractivity contribution is 6.04. The molecule has 1 aromatic carbocycles. The van der Waals surface area contributed by atoms with Crippen LogP contribution < -0.4 is 5.32 Å². The monoisotopic (exact) mass is 399 g/mol. The van der Waals surface area contributed by atoms with Crippen LogP contribution in [0.4, 0.5) is 4.79 Å². The van der Waals surface area contributed by atoms with Crippen LogP contribution in [0.5, 0.6) is 0 Å². The highest BCUT2D eigenvalue weighted by Gasteiger charge is 2.48. The summed E-state index contributed by atoms with van der Waals surface area (Å²) < 4.78 is 5.85. The lowest BCUT2D eigenvalue weighted by Gasteiger charge is -2.38. The predicted octanol–water partition coefficient (Wildman–Crippen LogP) is 1.19. The lowest BCUT2D eigenvalue weighted by atomic mass is 10.1. The van der Waals surface area contributed by atoms with Gasteiger partial charge in [0.25, 0.3) is 5.91 Å². The Kier molecular flexibility index (Phi) is 5.31. The van der Waals surface area contributed by atoms with E-state index in [1.165, 1.54) is 10.5 Å². The van der Waals surface area contributed by atoms with Crippen molar-refractivity contribution < 1.29 is 14.3 Å². The van der Waals surface area contributed by atoms with Crippen molar-refractivity contribution in [1.29, 1.82) is 0 Å². The molecule has 0 radical (unpaired) electrons. The van der Waals surface area contributed by atoms with Gasteiger partial charge in [-0.15, -0.1) is 0 Å². The first-order valence-electron chi connectivity index (χ1n) is 10.2. The average Bonchev–Trinajstić information content (AvgIpc) is 2.99. The quantitative estimate of drug-likeness (QED) is 0.823. The molecule has 4 rings (SSSR count). The van der Waals surface area contributed by atoms with Crippen LogP contribution in [-0.2, 0) is 16.1 Å². The smallest absolute Gasteiger partial charge is 0.325 e. The molecule has 1 N–H and O–H groups in total. The number of aliphatic imine (C=N–C) groups is 1. The Bertz CT molecular complexity index is 831. The number of hydrogen-bond acceptors (Lipinski definition) is 6. The first-order chi connectivity index (χ1) is 13.8. The number of carbonyl (C=O) groups is 2. The molecule has 4 atom stereocenters. The molecule has 8 nitrogen and oxygen atoms in total. The van der Waals surface area contributed by atoms with Crippen molar-refractivity contribution >= 4 is 17.8 Å². The van der Waals surface area contributed by atoms with Crippen LogP contribution in [0.15, 0.2) is 29.3 Å². The Hall–Kier alpha value is -2.45. The number of aryl methyl sites for hydroxylation is 1. The van der Waals surface area contributed by atoms with E-state index < -0.39 is 18.2 Å². The molecule has 2 fully saturated rings. The van der Waals surface area contributed by atoms with Gasteiger partial charge in [-0.2, -0.15) is 0 Å². The fraction of sp³-hybridized carbons (Fsp3) is 0.571. The summed E-state index contributed by atoms with van der Waals surface area (Å²) in [7, 11) is 1.69. The molecule has 1 aromatic rings. The van der Waals surface area contributed by atoms with E-state index in [1.54, 1.807) is 7.05 Å². The van der Waals surface area contributed by atoms with Crippen molar-refractivity contribution in [3.8, 4) is 0 Å². The number of amides is 3. The van der Waals surface area contributed by atoms with E-state index in [1.807, 2.05) is 12.1 Å². The number of likely N-dealkylation sites (N-methyl/N-ethyl adjacent to an activating group) is 1. The summed E-state index contributed by atoms with van der Waals surface area (Å²) in [5, 5.41) is 2.47. The van der Waals surface area contributed by atoms with Gasteiger partial charge in [0.2, 0.25) is 0 Å². The highest BCUT2D eigenvalue weighted by Crippen LogP contribution is 2.27. The average molecular weight is 399 g/mol. The number of hydrogen-bond donors (Lipinski definition) is 1. The maximum Gasteiger partial charge on any atom is 0.325 e. The second-order valence-electron chi connectivity index (χ2n) is 8.31. The molecule has 2 saturated heterocycles. The Balaban J connectivity index is 1.63. The van der Waals surface area contributed by atoms with Gasteiger partial charge in [-0.25, -0.2) is 9.79 Å². The largest absolute Gasteiger partial charge is 0.373 e. The van der Waals surface area contributed by atoms with E-state index in [0.717, 1.165) is 24.5 Å². The van der Waals surface area contributed by atoms with Gasteiger partial charge in [0.15, 0.2) is 12.2 Å². The minimum absolute atomic E-state index is 0.153. The molecule has 0 aromatic heterocycles. The summed E-state index contributed by atoms with van der Waals surface area (Å²) in [6.45, 7) is 9.06. The molecular weight excluding hydrogens is 370 g/mol. The molecule has 3 aliphatic heterocycles. The summed E-state index contributed by atoms with van der Waals surface area (Å²) >= 11 is 0. The molecule has 3 heterocycles. The number of amidine groups is 1. The van der Waals surface area contributed by atoms with Crippen molar-refractivity contribution in [2.24, 2.45) is 4.99 Å². The molecule has 8 heteroatoms. The number of nitrogens with one attached hydrogen (secondary N) is 1. The topological polar surface area (TPSA) is 77.5 Å². The third-order valence-electron chi connectivity index (χ3n) is 5.91. The van der Waals surface area contributed by atoms with Crippen molar-refractivity contribution in [3.63, 3.8) is 0 Å². The lowest BCUT2D eigenvalue weighted by Crippen LogP contribution is -2.63. The fourth-order valence-corrected chi connectivity index (χ4v) is 4.49. The van der Waals surface area contributed by atoms with Crippen LogP contribution in [-0.4, -0.2) is 83.6 Å². The standard InChI is InChI=1S/C21H29N5O3/c1-13-7-5-6-8-16(13)11-26-17(12-25-9-14(2)29-15(3)10-25)22-19-18(26)20(27)23-21(28)24(19)4/h5-8,14-15,18-19H,9-12H2,1-4H3,(H,23,27,28). The van der Waals surface area contributed by atoms with Crippen LogP contribution in [0.25, 0.3) is 0 Å². The maximum atomic E-state index is 12.8. The zero-order valence-electron chi connectivity index (χ0n) is 17.5. The molecule has 0 bridgehead atoms. The number of nitrogens with zero attached hydrogens (tertiary/aromatic N) is 4. The molecule has 4 unspecified atom stereocenters. The third kappa shape index (κ3) is 3.86. The second-order valence-corrected chi connectivity index (χ2v) is 8.31. The van der Waals surface area contributed by atoms with Crippen molar-refractivity contribution in [2.45, 2.75) is 51.7 Å². The molecule has 29 heavy (non-hydrogen) atoms. The van der Waals surface area contributed by atoms with E-state index in [4.69, 9.17) is 9.73 Å². The van der Waals surface area contributed by atoms with Gasteiger partial charge in [-0.3, -0.25) is 15.0 Å². The van der Waals surface area contributed by atoms with E-state index in [9.17, 15) is 9.59 Å². The Labute approximate surface area is 171 Å². The summed E-state index contributed by atoms with van der Waals surface area (Å²) in [5.74, 6) is 0.565. The van der Waals surface area contributed by atoms with Crippen molar-refractivity contribution in [1.82, 2.24) is 20.0 Å². The molecule has 0 aliphatic carbocycles. The van der Waals surface area contributed by atoms with Crippen molar-refractivity contribution in [2.75, 3.05) is 26.7 Å². The molecule has 0 saturated carbocycles. The fourth-order valence-electron chi connectivity index (χ4n) is 4.49. The zero-order valence-corrected chi connectivity index (χ0v) is 17.5. The van der Waals surface area contributed by atoms with Gasteiger partial charge in [0.05, 0.1) is 18.8 Å². The Morgan fingerprint density at radius 2 is 1.83 bits per heavy atom. The van der Waals surface area contributed by atoms with Gasteiger partial charge in [-0.05, 0) is 31.9 Å². The third-order valence-corrected chi connectivity index (χ3v) is 5.91. The van der Waals surface area contributed by atoms with E-state index in [0.29, 0.717) is 13.1 Å². The van der Waals surface area contributed by atoms with Crippen LogP contribution >= 0.6 is 0 Å². The van der Waals surface area contributed by atoms with Crippen LogP contribution in [0.1, 0.15) is 25.0 Å². The van der Waals surface area contributed by atoms with Crippen LogP contribution in [0.3, 0.4) is 0 Å². The van der Waals surface area contributed by atoms with E-state index in [-0.39, 0.29) is 18.1 Å². The number of carbonyl (C=O) groups excluding carboxylic acids is 2. The molecular formula is C21H29N5O3. The van der Waals surface area contributed by atoms with Gasteiger partial charge in [-0.1, -0.05) is 24.3 Å². The zero-order chi connectivity index (χ0) is 20.7. The molecule has 3 amide bonds. The van der Waals surface area contributed by atoms with Gasteiger partial charge in [0.1, 0.15) is 5.84 Å². The number of rotatable bonds is 4. The van der Waals surface area contributed by atoms with Crippen molar-refractivity contribution in [3.05, 3.63) is 35.4 Å². The SMILES string of the molecule is Cc1ccccc1CN1C(CN2CC(C)OC(C)C2)=NC2C1C(=O)NC(=O)N2C. The summed E-state index contributed by atoms with van der Waals surface area (Å²) in [4.78, 5) is 35.6.